The number of anilines is 1. The van der Waals surface area contributed by atoms with E-state index in [2.05, 4.69) is 10.6 Å². The van der Waals surface area contributed by atoms with Crippen LogP contribution in [0.3, 0.4) is 0 Å². The van der Waals surface area contributed by atoms with Crippen LogP contribution in [0.5, 0.6) is 5.75 Å². The van der Waals surface area contributed by atoms with Crippen molar-refractivity contribution in [3.05, 3.63) is 58.7 Å². The van der Waals surface area contributed by atoms with Crippen LogP contribution in [-0.2, 0) is 12.8 Å². The van der Waals surface area contributed by atoms with Crippen molar-refractivity contribution in [1.29, 1.82) is 0 Å². The summed E-state index contributed by atoms with van der Waals surface area (Å²) in [6.07, 6.45) is 0.346. The zero-order valence-electron chi connectivity index (χ0n) is 15.7. The average molecular weight is 388 g/mol. The molecule has 0 radical (unpaired) electrons. The SMILES string of the molecule is CC1(C)C[C@@H](NC(=O)Nc2ccc(F)c3c2C[C@@H](O)C3)c2cc(F)ccc2O1. The summed E-state index contributed by atoms with van der Waals surface area (Å²) in [6, 6.07) is 6.11. The van der Waals surface area contributed by atoms with Gasteiger partial charge in [0.25, 0.3) is 0 Å². The third-order valence-corrected chi connectivity index (χ3v) is 5.24. The molecule has 0 bridgehead atoms. The Morgan fingerprint density at radius 3 is 2.71 bits per heavy atom. The van der Waals surface area contributed by atoms with Crippen molar-refractivity contribution < 1.29 is 23.4 Å². The summed E-state index contributed by atoms with van der Waals surface area (Å²) in [5.74, 6) is -0.249. The van der Waals surface area contributed by atoms with Gasteiger partial charge in [0.1, 0.15) is 23.0 Å². The van der Waals surface area contributed by atoms with E-state index in [4.69, 9.17) is 4.74 Å². The fourth-order valence-corrected chi connectivity index (χ4v) is 4.05. The van der Waals surface area contributed by atoms with Crippen LogP contribution in [0.25, 0.3) is 0 Å². The second kappa shape index (κ2) is 6.74. The van der Waals surface area contributed by atoms with Crippen molar-refractivity contribution in [3.8, 4) is 5.75 Å². The van der Waals surface area contributed by atoms with Crippen LogP contribution in [0, 0.1) is 11.6 Å². The molecular formula is C21H22F2N2O3. The van der Waals surface area contributed by atoms with E-state index in [1.54, 1.807) is 6.07 Å². The lowest BCUT2D eigenvalue weighted by Gasteiger charge is -2.37. The zero-order valence-corrected chi connectivity index (χ0v) is 15.7. The molecule has 0 saturated heterocycles. The average Bonchev–Trinajstić information content (AvgIpc) is 3.00. The quantitative estimate of drug-likeness (QED) is 0.732. The maximum absolute atomic E-state index is 14.0. The second-order valence-electron chi connectivity index (χ2n) is 8.01. The number of aliphatic hydroxyl groups excluding tert-OH is 1. The number of nitrogens with one attached hydrogen (secondary N) is 2. The lowest BCUT2D eigenvalue weighted by molar-refractivity contribution is 0.0680. The Labute approximate surface area is 161 Å². The number of benzene rings is 2. The number of halogens is 2. The summed E-state index contributed by atoms with van der Waals surface area (Å²) in [7, 11) is 0. The third-order valence-electron chi connectivity index (χ3n) is 5.24. The first kappa shape index (κ1) is 18.7. The molecule has 2 aliphatic rings. The minimum absolute atomic E-state index is 0.235. The van der Waals surface area contributed by atoms with Crippen LogP contribution in [0.1, 0.15) is 43.0 Å². The number of rotatable bonds is 2. The van der Waals surface area contributed by atoms with Gasteiger partial charge in [-0.15, -0.1) is 0 Å². The molecule has 1 aliphatic carbocycles. The van der Waals surface area contributed by atoms with Crippen LogP contribution >= 0.6 is 0 Å². The highest BCUT2D eigenvalue weighted by molar-refractivity contribution is 5.91. The minimum Gasteiger partial charge on any atom is -0.487 e. The van der Waals surface area contributed by atoms with Gasteiger partial charge in [0, 0.05) is 30.5 Å². The number of carbonyl (C=O) groups excluding carboxylic acids is 1. The van der Waals surface area contributed by atoms with Crippen molar-refractivity contribution >= 4 is 11.7 Å². The van der Waals surface area contributed by atoms with Gasteiger partial charge in [0.2, 0.25) is 0 Å². The first-order valence-corrected chi connectivity index (χ1v) is 9.26. The van der Waals surface area contributed by atoms with Crippen LogP contribution in [-0.4, -0.2) is 22.8 Å². The fraction of sp³-hybridized carbons (Fsp3) is 0.381. The molecule has 2 atom stereocenters. The summed E-state index contributed by atoms with van der Waals surface area (Å²) in [4.78, 5) is 12.6. The molecule has 7 heteroatoms. The maximum atomic E-state index is 14.0. The molecule has 2 aromatic rings. The van der Waals surface area contributed by atoms with E-state index in [0.717, 1.165) is 0 Å². The molecule has 2 amide bonds. The van der Waals surface area contributed by atoms with Gasteiger partial charge in [-0.1, -0.05) is 0 Å². The second-order valence-corrected chi connectivity index (χ2v) is 8.01. The molecular weight excluding hydrogens is 366 g/mol. The molecule has 1 heterocycles. The lowest BCUT2D eigenvalue weighted by Crippen LogP contribution is -2.42. The predicted molar refractivity (Wildman–Crippen MR) is 100 cm³/mol. The Hall–Kier alpha value is -2.67. The summed E-state index contributed by atoms with van der Waals surface area (Å²) < 4.78 is 33.6. The topological polar surface area (TPSA) is 70.6 Å². The maximum Gasteiger partial charge on any atom is 0.319 e. The highest BCUT2D eigenvalue weighted by Crippen LogP contribution is 2.40. The third kappa shape index (κ3) is 3.54. The van der Waals surface area contributed by atoms with Gasteiger partial charge in [-0.3, -0.25) is 0 Å². The number of fused-ring (bicyclic) bond motifs is 2. The van der Waals surface area contributed by atoms with Crippen LogP contribution < -0.4 is 15.4 Å². The molecule has 0 spiro atoms. The van der Waals surface area contributed by atoms with Crippen molar-refractivity contribution in [1.82, 2.24) is 5.32 Å². The number of carbonyl (C=O) groups is 1. The molecule has 0 unspecified atom stereocenters. The molecule has 5 nitrogen and oxygen atoms in total. The highest BCUT2D eigenvalue weighted by atomic mass is 19.1. The standard InChI is InChI=1S/C21H22F2N2O3/c1-21(2)10-18(15-7-11(22)3-6-19(15)28-21)25-20(27)24-17-5-4-16(23)13-8-12(26)9-14(13)17/h3-7,12,18,26H,8-10H2,1-2H3,(H2,24,25,27)/t12-,18+/m0/s1. The molecule has 0 fully saturated rings. The van der Waals surface area contributed by atoms with Gasteiger partial charge in [-0.25, -0.2) is 13.6 Å². The zero-order chi connectivity index (χ0) is 20.1. The van der Waals surface area contributed by atoms with Crippen molar-refractivity contribution in [2.45, 2.75) is 50.9 Å². The number of aliphatic hydroxyl groups is 1. The van der Waals surface area contributed by atoms with Gasteiger partial charge in [-0.2, -0.15) is 0 Å². The van der Waals surface area contributed by atoms with Crippen LogP contribution in [0.15, 0.2) is 30.3 Å². The first-order chi connectivity index (χ1) is 13.2. The van der Waals surface area contributed by atoms with Gasteiger partial charge in [0.15, 0.2) is 0 Å². The van der Waals surface area contributed by atoms with E-state index in [1.807, 2.05) is 13.8 Å². The van der Waals surface area contributed by atoms with E-state index in [9.17, 15) is 18.7 Å². The summed E-state index contributed by atoms with van der Waals surface area (Å²) in [6.45, 7) is 3.81. The minimum atomic E-state index is -0.651. The molecule has 4 rings (SSSR count). The monoisotopic (exact) mass is 388 g/mol. The number of hydrogen-bond acceptors (Lipinski definition) is 3. The molecule has 28 heavy (non-hydrogen) atoms. The molecule has 0 aromatic heterocycles. The molecule has 148 valence electrons. The molecule has 3 N–H and O–H groups in total. The largest absolute Gasteiger partial charge is 0.487 e. The van der Waals surface area contributed by atoms with Gasteiger partial charge in [-0.05, 0) is 55.3 Å². The smallest absolute Gasteiger partial charge is 0.319 e. The molecule has 2 aromatic carbocycles. The Morgan fingerprint density at radius 2 is 1.93 bits per heavy atom. The fourth-order valence-electron chi connectivity index (χ4n) is 4.05. The number of amides is 2. The van der Waals surface area contributed by atoms with E-state index >= 15 is 0 Å². The highest BCUT2D eigenvalue weighted by Gasteiger charge is 2.35. The van der Waals surface area contributed by atoms with Crippen molar-refractivity contribution in [3.63, 3.8) is 0 Å². The first-order valence-electron chi connectivity index (χ1n) is 9.26. The number of urea groups is 1. The lowest BCUT2D eigenvalue weighted by atomic mass is 9.89. The van der Waals surface area contributed by atoms with Gasteiger partial charge < -0.3 is 20.5 Å². The van der Waals surface area contributed by atoms with E-state index in [0.29, 0.717) is 41.0 Å². The van der Waals surface area contributed by atoms with E-state index < -0.39 is 29.6 Å². The number of ether oxygens (including phenoxy) is 1. The normalized spacial score (nSPS) is 22.0. The van der Waals surface area contributed by atoms with Gasteiger partial charge in [0.05, 0.1) is 12.1 Å². The van der Waals surface area contributed by atoms with Crippen LogP contribution in [0.2, 0.25) is 0 Å². The summed E-state index contributed by atoms with van der Waals surface area (Å²) in [5, 5.41) is 15.5. The van der Waals surface area contributed by atoms with Gasteiger partial charge >= 0.3 is 6.03 Å². The summed E-state index contributed by atoms with van der Waals surface area (Å²) in [5.41, 5.74) is 1.57. The Morgan fingerprint density at radius 1 is 1.18 bits per heavy atom. The Bertz CT molecular complexity index is 945. The Kier molecular flexibility index (Phi) is 4.50. The van der Waals surface area contributed by atoms with Crippen LogP contribution in [0.4, 0.5) is 19.3 Å². The summed E-state index contributed by atoms with van der Waals surface area (Å²) >= 11 is 0. The van der Waals surface area contributed by atoms with Crippen molar-refractivity contribution in [2.24, 2.45) is 0 Å². The van der Waals surface area contributed by atoms with E-state index in [-0.39, 0.29) is 12.2 Å². The van der Waals surface area contributed by atoms with E-state index in [1.165, 1.54) is 24.3 Å². The predicted octanol–water partition coefficient (Wildman–Crippen LogP) is 3.85. The molecule has 1 aliphatic heterocycles. The molecule has 0 saturated carbocycles. The number of hydrogen-bond donors (Lipinski definition) is 3. The van der Waals surface area contributed by atoms with Crippen molar-refractivity contribution in [2.75, 3.05) is 5.32 Å². The Balaban J connectivity index is 1.55.